The van der Waals surface area contributed by atoms with Gasteiger partial charge >= 0.3 is 0 Å². The van der Waals surface area contributed by atoms with Crippen molar-refractivity contribution in [1.29, 1.82) is 0 Å². The number of hydrogen-bond donors (Lipinski definition) is 1. The Balaban J connectivity index is 2.51. The van der Waals surface area contributed by atoms with Crippen molar-refractivity contribution in [2.45, 2.75) is 0 Å². The van der Waals surface area contributed by atoms with E-state index in [0.717, 1.165) is 16.6 Å². The van der Waals surface area contributed by atoms with Gasteiger partial charge in [-0.05, 0) is 31.5 Å². The first kappa shape index (κ1) is 13.4. The highest BCUT2D eigenvalue weighted by Gasteiger charge is 2.16. The van der Waals surface area contributed by atoms with Gasteiger partial charge in [-0.15, -0.1) is 6.42 Å². The van der Waals surface area contributed by atoms with E-state index in [2.05, 4.69) is 21.4 Å². The zero-order valence-corrected chi connectivity index (χ0v) is 11.6. The van der Waals surface area contributed by atoms with E-state index in [1.165, 1.54) is 6.39 Å². The number of benzene rings is 1. The Bertz CT molecular complexity index is 653. The summed E-state index contributed by atoms with van der Waals surface area (Å²) in [6, 6.07) is 5.46. The largest absolute Gasteiger partial charge is 0.374 e. The Morgan fingerprint density at radius 1 is 1.47 bits per heavy atom. The van der Waals surface area contributed by atoms with E-state index in [1.807, 2.05) is 18.2 Å². The highest BCUT2D eigenvalue weighted by atomic mass is 31.2. The molecule has 0 saturated heterocycles. The number of rotatable bonds is 4. The Morgan fingerprint density at radius 3 is 2.84 bits per heavy atom. The standard InChI is InChI=1S/C13H14N3O2P/c1-4-7-14-12-6-5-10(19(2,3)17)8-11(12)13-15-9-18-16-13/h1,5-6,8-9,14H,7H2,2-3H3. The zero-order chi connectivity index (χ0) is 13.9. The molecule has 19 heavy (non-hydrogen) atoms. The highest BCUT2D eigenvalue weighted by molar-refractivity contribution is 7.70. The van der Waals surface area contributed by atoms with E-state index in [9.17, 15) is 4.57 Å². The van der Waals surface area contributed by atoms with E-state index >= 15 is 0 Å². The van der Waals surface area contributed by atoms with Crippen molar-refractivity contribution in [3.8, 4) is 23.7 Å². The van der Waals surface area contributed by atoms with Crippen molar-refractivity contribution in [2.75, 3.05) is 25.2 Å². The third-order valence-electron chi connectivity index (χ3n) is 2.61. The Morgan fingerprint density at radius 2 is 2.26 bits per heavy atom. The molecule has 0 radical (unpaired) electrons. The van der Waals surface area contributed by atoms with Crippen LogP contribution in [0.1, 0.15) is 0 Å². The van der Waals surface area contributed by atoms with Crippen LogP contribution < -0.4 is 10.6 Å². The summed E-state index contributed by atoms with van der Waals surface area (Å²) in [6.07, 6.45) is 6.49. The fourth-order valence-electron chi connectivity index (χ4n) is 1.64. The first-order valence-corrected chi connectivity index (χ1v) is 8.26. The first-order valence-electron chi connectivity index (χ1n) is 5.66. The smallest absolute Gasteiger partial charge is 0.214 e. The van der Waals surface area contributed by atoms with Crippen molar-refractivity contribution < 1.29 is 9.09 Å². The number of aromatic nitrogens is 2. The Hall–Kier alpha value is -2.05. The summed E-state index contributed by atoms with van der Waals surface area (Å²) in [5.74, 6) is 2.94. The van der Waals surface area contributed by atoms with E-state index < -0.39 is 7.14 Å². The first-order chi connectivity index (χ1) is 9.02. The Labute approximate surface area is 111 Å². The highest BCUT2D eigenvalue weighted by Crippen LogP contribution is 2.37. The van der Waals surface area contributed by atoms with Crippen LogP contribution in [0.25, 0.3) is 11.4 Å². The normalized spacial score (nSPS) is 11.0. The number of anilines is 1. The van der Waals surface area contributed by atoms with Crippen LogP contribution in [0, 0.1) is 12.3 Å². The van der Waals surface area contributed by atoms with Crippen LogP contribution >= 0.6 is 7.14 Å². The van der Waals surface area contributed by atoms with Crippen LogP contribution in [-0.2, 0) is 4.57 Å². The molecule has 98 valence electrons. The molecule has 0 aliphatic carbocycles. The molecular formula is C13H14N3O2P. The lowest BCUT2D eigenvalue weighted by molar-refractivity contribution is 0.419. The topological polar surface area (TPSA) is 68.0 Å². The molecule has 0 saturated carbocycles. The van der Waals surface area contributed by atoms with Gasteiger partial charge in [0.05, 0.1) is 6.54 Å². The molecule has 0 spiro atoms. The van der Waals surface area contributed by atoms with Crippen LogP contribution in [0.2, 0.25) is 0 Å². The van der Waals surface area contributed by atoms with Gasteiger partial charge in [0.2, 0.25) is 12.2 Å². The molecule has 5 nitrogen and oxygen atoms in total. The van der Waals surface area contributed by atoms with Crippen molar-refractivity contribution in [1.82, 2.24) is 10.1 Å². The maximum absolute atomic E-state index is 12.1. The maximum Gasteiger partial charge on any atom is 0.214 e. The van der Waals surface area contributed by atoms with Crippen LogP contribution in [0.5, 0.6) is 0 Å². The van der Waals surface area contributed by atoms with Crippen molar-refractivity contribution in [3.63, 3.8) is 0 Å². The molecule has 1 aromatic heterocycles. The van der Waals surface area contributed by atoms with Crippen molar-refractivity contribution in [3.05, 3.63) is 24.6 Å². The lowest BCUT2D eigenvalue weighted by atomic mass is 10.1. The van der Waals surface area contributed by atoms with Gasteiger partial charge in [0.15, 0.2) is 0 Å². The maximum atomic E-state index is 12.1. The molecule has 0 atom stereocenters. The van der Waals surface area contributed by atoms with E-state index in [4.69, 9.17) is 10.9 Å². The van der Waals surface area contributed by atoms with E-state index in [1.54, 1.807) is 13.3 Å². The molecule has 2 rings (SSSR count). The van der Waals surface area contributed by atoms with Gasteiger partial charge in [0.25, 0.3) is 0 Å². The summed E-state index contributed by atoms with van der Waals surface area (Å²) in [5.41, 5.74) is 1.52. The number of nitrogens with zero attached hydrogens (tertiary/aromatic N) is 2. The average molecular weight is 275 g/mol. The van der Waals surface area contributed by atoms with Crippen LogP contribution in [-0.4, -0.2) is 30.0 Å². The van der Waals surface area contributed by atoms with E-state index in [0.29, 0.717) is 12.4 Å². The summed E-state index contributed by atoms with van der Waals surface area (Å²) in [7, 11) is -2.35. The fourth-order valence-corrected chi connectivity index (χ4v) is 2.52. The predicted molar refractivity (Wildman–Crippen MR) is 76.1 cm³/mol. The van der Waals surface area contributed by atoms with Crippen molar-refractivity contribution >= 4 is 18.1 Å². The molecular weight excluding hydrogens is 261 g/mol. The number of nitrogens with one attached hydrogen (secondary N) is 1. The Kier molecular flexibility index (Phi) is 3.73. The molecule has 0 bridgehead atoms. The van der Waals surface area contributed by atoms with Crippen LogP contribution in [0.4, 0.5) is 5.69 Å². The molecule has 0 aliphatic heterocycles. The molecule has 0 amide bonds. The fraction of sp³-hybridized carbons (Fsp3) is 0.231. The summed E-state index contributed by atoms with van der Waals surface area (Å²) in [6.45, 7) is 3.83. The number of hydrogen-bond acceptors (Lipinski definition) is 5. The minimum absolute atomic E-state index is 0.389. The quantitative estimate of drug-likeness (QED) is 0.683. The molecule has 0 unspecified atom stereocenters. The second-order valence-corrected chi connectivity index (χ2v) is 7.61. The van der Waals surface area contributed by atoms with Gasteiger partial charge in [-0.2, -0.15) is 4.98 Å². The van der Waals surface area contributed by atoms with Gasteiger partial charge < -0.3 is 14.4 Å². The predicted octanol–water partition coefficient (Wildman–Crippen LogP) is 2.03. The van der Waals surface area contributed by atoms with Crippen LogP contribution in [0.15, 0.2) is 29.1 Å². The third-order valence-corrected chi connectivity index (χ3v) is 4.13. The third kappa shape index (κ3) is 3.04. The van der Waals surface area contributed by atoms with E-state index in [-0.39, 0.29) is 0 Å². The molecule has 1 aromatic carbocycles. The summed E-state index contributed by atoms with van der Waals surface area (Å²) in [5, 5.41) is 7.66. The second kappa shape index (κ2) is 5.29. The summed E-state index contributed by atoms with van der Waals surface area (Å²) >= 11 is 0. The minimum atomic E-state index is -2.35. The monoisotopic (exact) mass is 275 g/mol. The van der Waals surface area contributed by atoms with Crippen LogP contribution in [0.3, 0.4) is 0 Å². The van der Waals surface area contributed by atoms with Gasteiger partial charge in [-0.3, -0.25) is 0 Å². The summed E-state index contributed by atoms with van der Waals surface area (Å²) in [4.78, 5) is 4.02. The molecule has 0 fully saturated rings. The molecule has 6 heteroatoms. The zero-order valence-electron chi connectivity index (χ0n) is 10.8. The van der Waals surface area contributed by atoms with Gasteiger partial charge in [-0.1, -0.05) is 11.1 Å². The second-order valence-electron chi connectivity index (χ2n) is 4.39. The van der Waals surface area contributed by atoms with Gasteiger partial charge in [0, 0.05) is 16.6 Å². The molecule has 2 aromatic rings. The van der Waals surface area contributed by atoms with Gasteiger partial charge in [-0.25, -0.2) is 0 Å². The van der Waals surface area contributed by atoms with Gasteiger partial charge in [0.1, 0.15) is 7.14 Å². The SMILES string of the molecule is C#CCNc1ccc(P(C)(C)=O)cc1-c1ncon1. The molecule has 1 heterocycles. The lowest BCUT2D eigenvalue weighted by Gasteiger charge is -2.12. The lowest BCUT2D eigenvalue weighted by Crippen LogP contribution is -2.07. The molecule has 0 aliphatic rings. The minimum Gasteiger partial charge on any atom is -0.374 e. The summed E-state index contributed by atoms with van der Waals surface area (Å²) < 4.78 is 16.9. The number of terminal acetylenes is 1. The average Bonchev–Trinajstić information content (AvgIpc) is 2.88. The van der Waals surface area contributed by atoms with Crippen molar-refractivity contribution in [2.24, 2.45) is 0 Å². The molecule has 1 N–H and O–H groups in total.